The third kappa shape index (κ3) is 4.28. The molecule has 0 unspecified atom stereocenters. The van der Waals surface area contributed by atoms with Crippen LogP contribution in [0, 0.1) is 0 Å². The van der Waals surface area contributed by atoms with Crippen molar-refractivity contribution in [3.63, 3.8) is 0 Å². The molecule has 0 saturated carbocycles. The molecule has 1 fully saturated rings. The van der Waals surface area contributed by atoms with Crippen molar-refractivity contribution in [1.29, 1.82) is 0 Å². The van der Waals surface area contributed by atoms with E-state index < -0.39 is 0 Å². The van der Waals surface area contributed by atoms with Crippen LogP contribution in [0.5, 0.6) is 0 Å². The lowest BCUT2D eigenvalue weighted by Gasteiger charge is -2.37. The van der Waals surface area contributed by atoms with Crippen molar-refractivity contribution < 1.29 is 4.79 Å². The van der Waals surface area contributed by atoms with E-state index in [1.165, 1.54) is 5.56 Å². The minimum Gasteiger partial charge on any atom is -0.361 e. The highest BCUT2D eigenvalue weighted by molar-refractivity contribution is 5.89. The van der Waals surface area contributed by atoms with Gasteiger partial charge in [0.25, 0.3) is 0 Å². The number of carbonyl (C=O) groups is 1. The molecule has 0 radical (unpaired) electrons. The lowest BCUT2D eigenvalue weighted by atomic mass is 10.0. The van der Waals surface area contributed by atoms with Crippen molar-refractivity contribution >= 4 is 16.8 Å². The highest BCUT2D eigenvalue weighted by Crippen LogP contribution is 2.22. The van der Waals surface area contributed by atoms with Crippen LogP contribution in [0.3, 0.4) is 0 Å². The molecule has 0 bridgehead atoms. The summed E-state index contributed by atoms with van der Waals surface area (Å²) >= 11 is 0. The van der Waals surface area contributed by atoms with Crippen LogP contribution in [0.25, 0.3) is 10.9 Å². The first-order valence-electron chi connectivity index (χ1n) is 10.3. The zero-order chi connectivity index (χ0) is 19.3. The second-order valence-electron chi connectivity index (χ2n) is 7.89. The van der Waals surface area contributed by atoms with Crippen LogP contribution in [-0.2, 0) is 17.6 Å². The normalized spacial score (nSPS) is 15.8. The predicted octanol–water partition coefficient (Wildman–Crippen LogP) is 3.88. The maximum Gasteiger partial charge on any atom is 0.227 e. The number of nitrogens with one attached hydrogen (secondary N) is 1. The number of likely N-dealkylation sites (tertiary alicyclic amines) is 1. The molecule has 2 heterocycles. The summed E-state index contributed by atoms with van der Waals surface area (Å²) in [7, 11) is 2.16. The first kappa shape index (κ1) is 18.8. The molecule has 0 spiro atoms. The molecule has 0 aliphatic carbocycles. The number of hydrogen-bond acceptors (Lipinski definition) is 2. The fourth-order valence-corrected chi connectivity index (χ4v) is 4.25. The van der Waals surface area contributed by atoms with Crippen LogP contribution in [-0.4, -0.2) is 53.4 Å². The Balaban J connectivity index is 1.50. The highest BCUT2D eigenvalue weighted by atomic mass is 16.2. The van der Waals surface area contributed by atoms with Gasteiger partial charge in [-0.2, -0.15) is 0 Å². The Hall–Kier alpha value is -2.59. The second-order valence-corrected chi connectivity index (χ2v) is 7.89. The number of fused-ring (bicyclic) bond motifs is 1. The Bertz CT molecular complexity index is 910. The van der Waals surface area contributed by atoms with Gasteiger partial charge in [0.1, 0.15) is 0 Å². The molecular weight excluding hydrogens is 346 g/mol. The fraction of sp³-hybridized carbons (Fsp3) is 0.375. The summed E-state index contributed by atoms with van der Waals surface area (Å²) in [6.45, 7) is 2.92. The maximum atomic E-state index is 13.4. The van der Waals surface area contributed by atoms with Crippen LogP contribution in [0.15, 0.2) is 60.8 Å². The van der Waals surface area contributed by atoms with Crippen molar-refractivity contribution in [3.05, 3.63) is 71.9 Å². The van der Waals surface area contributed by atoms with E-state index >= 15 is 0 Å². The Morgan fingerprint density at radius 2 is 1.79 bits per heavy atom. The minimum absolute atomic E-state index is 0.246. The highest BCUT2D eigenvalue weighted by Gasteiger charge is 2.27. The van der Waals surface area contributed by atoms with Crippen molar-refractivity contribution in [2.45, 2.75) is 31.7 Å². The van der Waals surface area contributed by atoms with Gasteiger partial charge in [-0.05, 0) is 56.6 Å². The van der Waals surface area contributed by atoms with E-state index in [4.69, 9.17) is 0 Å². The minimum atomic E-state index is 0.246. The Morgan fingerprint density at radius 3 is 2.57 bits per heavy atom. The van der Waals surface area contributed by atoms with Gasteiger partial charge in [0.15, 0.2) is 0 Å². The summed E-state index contributed by atoms with van der Waals surface area (Å²) < 4.78 is 0. The van der Waals surface area contributed by atoms with E-state index in [1.807, 2.05) is 24.4 Å². The van der Waals surface area contributed by atoms with Crippen molar-refractivity contribution in [2.24, 2.45) is 0 Å². The molecule has 146 valence electrons. The average molecular weight is 376 g/mol. The predicted molar refractivity (Wildman–Crippen MR) is 114 cm³/mol. The monoisotopic (exact) mass is 375 g/mol. The molecule has 2 aromatic carbocycles. The first-order chi connectivity index (χ1) is 13.7. The van der Waals surface area contributed by atoms with Gasteiger partial charge in [0, 0.05) is 29.7 Å². The van der Waals surface area contributed by atoms with E-state index in [9.17, 15) is 4.79 Å². The molecule has 4 rings (SSSR count). The number of aromatic amines is 1. The summed E-state index contributed by atoms with van der Waals surface area (Å²) in [4.78, 5) is 21.2. The zero-order valence-corrected chi connectivity index (χ0v) is 16.6. The average Bonchev–Trinajstić information content (AvgIpc) is 3.13. The summed E-state index contributed by atoms with van der Waals surface area (Å²) in [6, 6.07) is 19.0. The topological polar surface area (TPSA) is 39.3 Å². The number of hydrogen-bond donors (Lipinski definition) is 1. The van der Waals surface area contributed by atoms with Crippen LogP contribution in [0.2, 0.25) is 0 Å². The number of piperidine rings is 1. The Kier molecular flexibility index (Phi) is 5.77. The van der Waals surface area contributed by atoms with Gasteiger partial charge in [0.05, 0.1) is 6.42 Å². The number of rotatable bonds is 6. The molecule has 1 aliphatic heterocycles. The lowest BCUT2D eigenvalue weighted by Crippen LogP contribution is -2.47. The van der Waals surface area contributed by atoms with Gasteiger partial charge >= 0.3 is 0 Å². The van der Waals surface area contributed by atoms with Gasteiger partial charge in [0.2, 0.25) is 5.91 Å². The SMILES string of the molecule is CN1CCC(N(CCc2ccccc2)C(=O)Cc2c[nH]c3ccccc23)CC1. The second kappa shape index (κ2) is 8.61. The lowest BCUT2D eigenvalue weighted by molar-refractivity contribution is -0.133. The third-order valence-electron chi connectivity index (χ3n) is 5.95. The molecule has 0 atom stereocenters. The van der Waals surface area contributed by atoms with E-state index in [2.05, 4.69) is 58.2 Å². The van der Waals surface area contributed by atoms with Gasteiger partial charge in [-0.1, -0.05) is 48.5 Å². The summed E-state index contributed by atoms with van der Waals surface area (Å²) in [5, 5.41) is 1.15. The van der Waals surface area contributed by atoms with E-state index in [1.54, 1.807) is 0 Å². The molecule has 1 amide bonds. The number of benzene rings is 2. The molecule has 1 saturated heterocycles. The van der Waals surface area contributed by atoms with Crippen LogP contribution >= 0.6 is 0 Å². The van der Waals surface area contributed by atoms with Crippen LogP contribution < -0.4 is 0 Å². The fourth-order valence-electron chi connectivity index (χ4n) is 4.25. The van der Waals surface area contributed by atoms with Crippen LogP contribution in [0.4, 0.5) is 0 Å². The number of amides is 1. The Morgan fingerprint density at radius 1 is 1.07 bits per heavy atom. The van der Waals surface area contributed by atoms with Crippen molar-refractivity contribution in [2.75, 3.05) is 26.7 Å². The summed E-state index contributed by atoms with van der Waals surface area (Å²) in [6.07, 6.45) is 5.49. The number of aromatic nitrogens is 1. The van der Waals surface area contributed by atoms with Crippen molar-refractivity contribution in [1.82, 2.24) is 14.8 Å². The molecular formula is C24H29N3O. The van der Waals surface area contributed by atoms with E-state index in [0.717, 1.165) is 55.4 Å². The molecule has 3 aromatic rings. The molecule has 4 heteroatoms. The number of H-pyrrole nitrogens is 1. The van der Waals surface area contributed by atoms with Gasteiger partial charge < -0.3 is 14.8 Å². The zero-order valence-electron chi connectivity index (χ0n) is 16.6. The van der Waals surface area contributed by atoms with E-state index in [-0.39, 0.29) is 5.91 Å². The van der Waals surface area contributed by atoms with E-state index in [0.29, 0.717) is 12.5 Å². The van der Waals surface area contributed by atoms with Gasteiger partial charge in [-0.3, -0.25) is 4.79 Å². The standard InChI is InChI=1S/C24H29N3O/c1-26-14-12-21(13-15-26)27(16-11-19-7-3-2-4-8-19)24(28)17-20-18-25-23-10-6-5-9-22(20)23/h2-10,18,21,25H,11-17H2,1H3. The molecule has 1 N–H and O–H groups in total. The largest absolute Gasteiger partial charge is 0.361 e. The molecule has 1 aromatic heterocycles. The number of para-hydroxylation sites is 1. The van der Waals surface area contributed by atoms with Crippen LogP contribution in [0.1, 0.15) is 24.0 Å². The van der Waals surface area contributed by atoms with Gasteiger partial charge in [-0.25, -0.2) is 0 Å². The molecule has 1 aliphatic rings. The molecule has 4 nitrogen and oxygen atoms in total. The number of carbonyl (C=O) groups excluding carboxylic acids is 1. The Labute approximate surface area is 167 Å². The number of nitrogens with zero attached hydrogens (tertiary/aromatic N) is 2. The van der Waals surface area contributed by atoms with Gasteiger partial charge in [-0.15, -0.1) is 0 Å². The summed E-state index contributed by atoms with van der Waals surface area (Å²) in [5.74, 6) is 0.246. The smallest absolute Gasteiger partial charge is 0.227 e. The molecule has 28 heavy (non-hydrogen) atoms. The van der Waals surface area contributed by atoms with Crippen molar-refractivity contribution in [3.8, 4) is 0 Å². The first-order valence-corrected chi connectivity index (χ1v) is 10.3. The summed E-state index contributed by atoms with van der Waals surface area (Å²) in [5.41, 5.74) is 3.49. The maximum absolute atomic E-state index is 13.4. The quantitative estimate of drug-likeness (QED) is 0.710. The third-order valence-corrected chi connectivity index (χ3v) is 5.95.